The number of rotatable bonds is 9. The molecule has 0 spiro atoms. The van der Waals surface area contributed by atoms with E-state index < -0.39 is 9.84 Å². The highest BCUT2D eigenvalue weighted by molar-refractivity contribution is 7.89. The fraction of sp³-hybridized carbons (Fsp3) is 0.250. The van der Waals surface area contributed by atoms with E-state index in [9.17, 15) is 8.42 Å². The molecule has 0 saturated carbocycles. The molecule has 0 unspecified atom stereocenters. The third-order valence-electron chi connectivity index (χ3n) is 7.30. The first kappa shape index (κ1) is 27.7. The summed E-state index contributed by atoms with van der Waals surface area (Å²) in [5.41, 5.74) is 3.56. The molecular formula is C32H32N6O3S. The predicted molar refractivity (Wildman–Crippen MR) is 164 cm³/mol. The number of pyridine rings is 2. The standard InChI is InChI=1S/C32H32N6O3S/c1-22-12-13-26-23(20-42(39,40)21-25-8-2-3-16-34-25)7-4-10-27(26)30(22)41-31-28(11-6-17-35-31)29-14-18-36-32(38-29)37-24-9-5-15-33-19-24/h2-4,6-8,10-14,16-18,24,33H,5,9,15,19-21H2,1H3,(H,36,37,38)/t24-/m0/s1. The maximum Gasteiger partial charge on any atom is 0.228 e. The van der Waals surface area contributed by atoms with Gasteiger partial charge >= 0.3 is 0 Å². The molecule has 2 N–H and O–H groups in total. The number of nitrogens with one attached hydrogen (secondary N) is 2. The Balaban J connectivity index is 1.30. The number of hydrogen-bond donors (Lipinski definition) is 2. The molecule has 6 rings (SSSR count). The van der Waals surface area contributed by atoms with Crippen molar-refractivity contribution in [3.63, 3.8) is 0 Å². The van der Waals surface area contributed by atoms with Crippen LogP contribution in [-0.4, -0.2) is 47.5 Å². The van der Waals surface area contributed by atoms with Crippen molar-refractivity contribution < 1.29 is 13.2 Å². The summed E-state index contributed by atoms with van der Waals surface area (Å²) in [6.07, 6.45) is 7.20. The highest BCUT2D eigenvalue weighted by atomic mass is 32.2. The van der Waals surface area contributed by atoms with Crippen molar-refractivity contribution in [1.29, 1.82) is 0 Å². The molecule has 5 aromatic rings. The van der Waals surface area contributed by atoms with Gasteiger partial charge in [0.25, 0.3) is 0 Å². The van der Waals surface area contributed by atoms with Crippen molar-refractivity contribution in [3.05, 3.63) is 102 Å². The van der Waals surface area contributed by atoms with Crippen molar-refractivity contribution in [2.24, 2.45) is 0 Å². The molecule has 1 aliphatic heterocycles. The smallest absolute Gasteiger partial charge is 0.228 e. The fourth-order valence-corrected chi connectivity index (χ4v) is 6.71. The molecule has 10 heteroatoms. The monoisotopic (exact) mass is 580 g/mol. The van der Waals surface area contributed by atoms with E-state index in [1.54, 1.807) is 36.8 Å². The second-order valence-electron chi connectivity index (χ2n) is 10.5. The van der Waals surface area contributed by atoms with Gasteiger partial charge in [0, 0.05) is 36.6 Å². The first-order valence-electron chi connectivity index (χ1n) is 14.0. The molecule has 4 heterocycles. The molecule has 214 valence electrons. The largest absolute Gasteiger partial charge is 0.437 e. The van der Waals surface area contributed by atoms with Crippen LogP contribution in [0.25, 0.3) is 22.0 Å². The molecule has 0 bridgehead atoms. The van der Waals surface area contributed by atoms with E-state index in [1.165, 1.54) is 0 Å². The lowest BCUT2D eigenvalue weighted by Crippen LogP contribution is -2.38. The topological polar surface area (TPSA) is 119 Å². The molecule has 3 aromatic heterocycles. The molecule has 1 atom stereocenters. The molecule has 0 radical (unpaired) electrons. The van der Waals surface area contributed by atoms with Gasteiger partial charge in [0.05, 0.1) is 28.5 Å². The third-order valence-corrected chi connectivity index (χ3v) is 8.79. The Labute approximate surface area is 245 Å². The van der Waals surface area contributed by atoms with Crippen LogP contribution in [0.15, 0.2) is 85.3 Å². The molecule has 0 amide bonds. The molecule has 9 nitrogen and oxygen atoms in total. The Morgan fingerprint density at radius 3 is 2.64 bits per heavy atom. The molecule has 2 aromatic carbocycles. The van der Waals surface area contributed by atoms with Crippen LogP contribution in [-0.2, 0) is 21.3 Å². The highest BCUT2D eigenvalue weighted by Gasteiger charge is 2.20. The van der Waals surface area contributed by atoms with Crippen LogP contribution in [0.3, 0.4) is 0 Å². The zero-order valence-electron chi connectivity index (χ0n) is 23.3. The van der Waals surface area contributed by atoms with Gasteiger partial charge in [0.2, 0.25) is 11.8 Å². The Hall–Kier alpha value is -4.41. The van der Waals surface area contributed by atoms with Crippen molar-refractivity contribution in [1.82, 2.24) is 25.3 Å². The Kier molecular flexibility index (Phi) is 8.07. The quantitative estimate of drug-likeness (QED) is 0.234. The van der Waals surface area contributed by atoms with Gasteiger partial charge in [-0.25, -0.2) is 23.4 Å². The molecule has 42 heavy (non-hydrogen) atoms. The number of anilines is 1. The number of piperidine rings is 1. The number of benzene rings is 2. The van der Waals surface area contributed by atoms with E-state index in [1.807, 2.05) is 55.5 Å². The van der Waals surface area contributed by atoms with Crippen LogP contribution in [0, 0.1) is 6.92 Å². The number of fused-ring (bicyclic) bond motifs is 1. The van der Waals surface area contributed by atoms with Crippen molar-refractivity contribution in [2.45, 2.75) is 37.3 Å². The lowest BCUT2D eigenvalue weighted by atomic mass is 10.0. The number of nitrogens with zero attached hydrogens (tertiary/aromatic N) is 4. The van der Waals surface area contributed by atoms with E-state index >= 15 is 0 Å². The first-order valence-corrected chi connectivity index (χ1v) is 15.8. The average Bonchev–Trinajstić information content (AvgIpc) is 3.00. The third kappa shape index (κ3) is 6.40. The maximum absolute atomic E-state index is 13.1. The summed E-state index contributed by atoms with van der Waals surface area (Å²) in [6, 6.07) is 20.7. The minimum absolute atomic E-state index is 0.106. The van der Waals surface area contributed by atoms with Crippen LogP contribution in [0.2, 0.25) is 0 Å². The van der Waals surface area contributed by atoms with Gasteiger partial charge in [-0.2, -0.15) is 0 Å². The number of hydrogen-bond acceptors (Lipinski definition) is 9. The average molecular weight is 581 g/mol. The number of aryl methyl sites for hydroxylation is 1. The lowest BCUT2D eigenvalue weighted by molar-refractivity contribution is 0.466. The van der Waals surface area contributed by atoms with Crippen LogP contribution < -0.4 is 15.4 Å². The second-order valence-corrected chi connectivity index (χ2v) is 12.6. The van der Waals surface area contributed by atoms with Crippen LogP contribution >= 0.6 is 0 Å². The summed E-state index contributed by atoms with van der Waals surface area (Å²) in [5, 5.41) is 8.46. The molecule has 0 aliphatic carbocycles. The van der Waals surface area contributed by atoms with E-state index in [0.717, 1.165) is 47.8 Å². The SMILES string of the molecule is Cc1ccc2c(CS(=O)(=O)Cc3ccccn3)cccc2c1Oc1ncccc1-c1ccnc(N[C@H]2CCCNC2)n1. The summed E-state index contributed by atoms with van der Waals surface area (Å²) in [4.78, 5) is 17.9. The van der Waals surface area contributed by atoms with Gasteiger partial charge in [-0.05, 0) is 73.2 Å². The van der Waals surface area contributed by atoms with Gasteiger partial charge in [0.15, 0.2) is 9.84 Å². The normalized spacial score (nSPS) is 15.4. The zero-order chi connectivity index (χ0) is 28.9. The van der Waals surface area contributed by atoms with Gasteiger partial charge in [-0.1, -0.05) is 36.4 Å². The minimum atomic E-state index is -3.46. The van der Waals surface area contributed by atoms with Gasteiger partial charge in [-0.15, -0.1) is 0 Å². The number of aromatic nitrogens is 4. The minimum Gasteiger partial charge on any atom is -0.437 e. The van der Waals surface area contributed by atoms with E-state index in [-0.39, 0.29) is 17.5 Å². The van der Waals surface area contributed by atoms with Crippen LogP contribution in [0.4, 0.5) is 5.95 Å². The van der Waals surface area contributed by atoms with Gasteiger partial charge in [-0.3, -0.25) is 4.98 Å². The van der Waals surface area contributed by atoms with Gasteiger partial charge < -0.3 is 15.4 Å². The second kappa shape index (κ2) is 12.2. The maximum atomic E-state index is 13.1. The predicted octanol–water partition coefficient (Wildman–Crippen LogP) is 5.47. The van der Waals surface area contributed by atoms with Crippen LogP contribution in [0.5, 0.6) is 11.6 Å². The molecule has 1 fully saturated rings. The van der Waals surface area contributed by atoms with Crippen LogP contribution in [0.1, 0.15) is 29.7 Å². The zero-order valence-corrected chi connectivity index (χ0v) is 24.1. The Morgan fingerprint density at radius 2 is 1.81 bits per heavy atom. The molecule has 1 saturated heterocycles. The molecule has 1 aliphatic rings. The number of sulfone groups is 1. The van der Waals surface area contributed by atoms with E-state index in [0.29, 0.717) is 34.5 Å². The Morgan fingerprint density at radius 1 is 0.905 bits per heavy atom. The van der Waals surface area contributed by atoms with Gasteiger partial charge in [0.1, 0.15) is 5.75 Å². The summed E-state index contributed by atoms with van der Waals surface area (Å²) in [6.45, 7) is 3.87. The highest BCUT2D eigenvalue weighted by Crippen LogP contribution is 2.38. The van der Waals surface area contributed by atoms with E-state index in [4.69, 9.17) is 9.72 Å². The van der Waals surface area contributed by atoms with Crippen molar-refractivity contribution >= 4 is 26.6 Å². The Bertz CT molecular complexity index is 1810. The van der Waals surface area contributed by atoms with E-state index in [2.05, 4.69) is 25.6 Å². The summed E-state index contributed by atoms with van der Waals surface area (Å²) >= 11 is 0. The van der Waals surface area contributed by atoms with Crippen molar-refractivity contribution in [3.8, 4) is 22.9 Å². The van der Waals surface area contributed by atoms with Crippen molar-refractivity contribution in [2.75, 3.05) is 18.4 Å². The number of ether oxygens (including phenoxy) is 1. The fourth-order valence-electron chi connectivity index (χ4n) is 5.26. The summed E-state index contributed by atoms with van der Waals surface area (Å²) < 4.78 is 32.7. The summed E-state index contributed by atoms with van der Waals surface area (Å²) in [5.74, 6) is 1.37. The first-order chi connectivity index (χ1) is 20.4. The molecular weight excluding hydrogens is 548 g/mol. The summed E-state index contributed by atoms with van der Waals surface area (Å²) in [7, 11) is -3.46. The lowest BCUT2D eigenvalue weighted by Gasteiger charge is -2.23.